The largest absolute Gasteiger partial charge is 0.352 e. The van der Waals surface area contributed by atoms with Crippen LogP contribution in [0.5, 0.6) is 0 Å². The minimum Gasteiger partial charge on any atom is -0.352 e. The van der Waals surface area contributed by atoms with E-state index in [1.54, 1.807) is 0 Å². The summed E-state index contributed by atoms with van der Waals surface area (Å²) in [6.07, 6.45) is 5.37. The SMILES string of the molecule is CN1CCCC(NC(=O)C2(CN)CCC2)C1. The van der Waals surface area contributed by atoms with Crippen LogP contribution in [0.4, 0.5) is 0 Å². The lowest BCUT2D eigenvalue weighted by Gasteiger charge is -2.41. The van der Waals surface area contributed by atoms with E-state index in [2.05, 4.69) is 17.3 Å². The van der Waals surface area contributed by atoms with Gasteiger partial charge >= 0.3 is 0 Å². The van der Waals surface area contributed by atoms with E-state index in [9.17, 15) is 4.79 Å². The van der Waals surface area contributed by atoms with Crippen molar-refractivity contribution in [3.8, 4) is 0 Å². The third kappa shape index (κ3) is 2.23. The molecule has 92 valence electrons. The van der Waals surface area contributed by atoms with Crippen molar-refractivity contribution in [1.82, 2.24) is 10.2 Å². The summed E-state index contributed by atoms with van der Waals surface area (Å²) in [6.45, 7) is 2.63. The molecule has 0 spiro atoms. The summed E-state index contributed by atoms with van der Waals surface area (Å²) in [5, 5.41) is 3.18. The smallest absolute Gasteiger partial charge is 0.227 e. The summed E-state index contributed by atoms with van der Waals surface area (Å²) in [5.74, 6) is 0.196. The van der Waals surface area contributed by atoms with Gasteiger partial charge in [-0.15, -0.1) is 0 Å². The molecule has 1 unspecified atom stereocenters. The summed E-state index contributed by atoms with van der Waals surface area (Å²) >= 11 is 0. The van der Waals surface area contributed by atoms with Gasteiger partial charge in [0, 0.05) is 19.1 Å². The van der Waals surface area contributed by atoms with E-state index >= 15 is 0 Å². The molecule has 1 heterocycles. The van der Waals surface area contributed by atoms with Crippen LogP contribution in [0.2, 0.25) is 0 Å². The van der Waals surface area contributed by atoms with E-state index in [1.807, 2.05) is 0 Å². The number of rotatable bonds is 3. The summed E-state index contributed by atoms with van der Waals surface area (Å²) in [4.78, 5) is 14.4. The Hall–Kier alpha value is -0.610. The van der Waals surface area contributed by atoms with Crippen LogP contribution in [-0.4, -0.2) is 43.5 Å². The Morgan fingerprint density at radius 1 is 1.50 bits per heavy atom. The molecule has 4 nitrogen and oxygen atoms in total. The molecule has 0 aromatic carbocycles. The van der Waals surface area contributed by atoms with Crippen LogP contribution in [0.1, 0.15) is 32.1 Å². The monoisotopic (exact) mass is 225 g/mol. The van der Waals surface area contributed by atoms with Gasteiger partial charge < -0.3 is 16.0 Å². The maximum absolute atomic E-state index is 12.1. The van der Waals surface area contributed by atoms with Crippen molar-refractivity contribution in [3.63, 3.8) is 0 Å². The number of nitrogens with zero attached hydrogens (tertiary/aromatic N) is 1. The standard InChI is InChI=1S/C12H23N3O/c1-15-7-2-4-10(8-15)14-11(16)12(9-13)5-3-6-12/h10H,2-9,13H2,1H3,(H,14,16). The normalized spacial score (nSPS) is 29.5. The van der Waals surface area contributed by atoms with Crippen molar-refractivity contribution < 1.29 is 4.79 Å². The minimum absolute atomic E-state index is 0.196. The average molecular weight is 225 g/mol. The van der Waals surface area contributed by atoms with Gasteiger partial charge in [-0.25, -0.2) is 0 Å². The van der Waals surface area contributed by atoms with Crippen LogP contribution < -0.4 is 11.1 Å². The van der Waals surface area contributed by atoms with E-state index in [0.29, 0.717) is 12.6 Å². The van der Waals surface area contributed by atoms with Gasteiger partial charge in [0.15, 0.2) is 0 Å². The van der Waals surface area contributed by atoms with Crippen molar-refractivity contribution >= 4 is 5.91 Å². The van der Waals surface area contributed by atoms with Gasteiger partial charge in [-0.2, -0.15) is 0 Å². The molecule has 3 N–H and O–H groups in total. The quantitative estimate of drug-likeness (QED) is 0.727. The third-order valence-electron chi connectivity index (χ3n) is 4.14. The molecule has 16 heavy (non-hydrogen) atoms. The minimum atomic E-state index is -0.226. The van der Waals surface area contributed by atoms with Crippen molar-refractivity contribution in [2.24, 2.45) is 11.1 Å². The molecule has 4 heteroatoms. The first-order valence-electron chi connectivity index (χ1n) is 6.36. The van der Waals surface area contributed by atoms with Crippen molar-refractivity contribution in [2.45, 2.75) is 38.1 Å². The van der Waals surface area contributed by atoms with Gasteiger partial charge in [-0.05, 0) is 39.3 Å². The molecule has 1 aliphatic carbocycles. The van der Waals surface area contributed by atoms with Gasteiger partial charge in [-0.3, -0.25) is 4.79 Å². The molecule has 0 aromatic heterocycles. The van der Waals surface area contributed by atoms with Crippen molar-refractivity contribution in [3.05, 3.63) is 0 Å². The molecule has 1 saturated carbocycles. The Bertz CT molecular complexity index is 257. The van der Waals surface area contributed by atoms with Crippen molar-refractivity contribution in [2.75, 3.05) is 26.7 Å². The lowest BCUT2D eigenvalue weighted by atomic mass is 9.68. The first-order valence-corrected chi connectivity index (χ1v) is 6.36. The molecule has 1 aliphatic heterocycles. The van der Waals surface area contributed by atoms with Gasteiger partial charge in [0.25, 0.3) is 0 Å². The number of carbonyl (C=O) groups excluding carboxylic acids is 1. The maximum atomic E-state index is 12.1. The highest BCUT2D eigenvalue weighted by molar-refractivity contribution is 5.84. The predicted octanol–water partition coefficient (Wildman–Crippen LogP) is 0.326. The fourth-order valence-corrected chi connectivity index (χ4v) is 2.75. The molecule has 0 radical (unpaired) electrons. The predicted molar refractivity (Wildman–Crippen MR) is 64.0 cm³/mol. The number of nitrogens with one attached hydrogen (secondary N) is 1. The lowest BCUT2D eigenvalue weighted by molar-refractivity contribution is -0.136. The molecular weight excluding hydrogens is 202 g/mol. The Labute approximate surface area is 97.6 Å². The Kier molecular flexibility index (Phi) is 3.50. The Morgan fingerprint density at radius 3 is 2.75 bits per heavy atom. The molecule has 0 bridgehead atoms. The topological polar surface area (TPSA) is 58.4 Å². The molecule has 2 fully saturated rings. The molecule has 2 aliphatic rings. The molecular formula is C12H23N3O. The first kappa shape index (κ1) is 11.9. The van der Waals surface area contributed by atoms with Gasteiger partial charge in [-0.1, -0.05) is 6.42 Å². The Morgan fingerprint density at radius 2 is 2.25 bits per heavy atom. The second kappa shape index (κ2) is 4.72. The van der Waals surface area contributed by atoms with Gasteiger partial charge in [0.05, 0.1) is 5.41 Å². The van der Waals surface area contributed by atoms with Crippen LogP contribution in [0.15, 0.2) is 0 Å². The summed E-state index contributed by atoms with van der Waals surface area (Å²) in [6, 6.07) is 0.329. The number of piperidine rings is 1. The van der Waals surface area contributed by atoms with Crippen LogP contribution in [0.3, 0.4) is 0 Å². The molecule has 1 amide bonds. The number of amides is 1. The van der Waals surface area contributed by atoms with Crippen LogP contribution in [-0.2, 0) is 4.79 Å². The number of carbonyl (C=O) groups is 1. The zero-order valence-electron chi connectivity index (χ0n) is 10.2. The number of likely N-dealkylation sites (N-methyl/N-ethyl adjacent to an activating group) is 1. The average Bonchev–Trinajstić information content (AvgIpc) is 2.16. The van der Waals surface area contributed by atoms with Crippen molar-refractivity contribution in [1.29, 1.82) is 0 Å². The van der Waals surface area contributed by atoms with Crippen LogP contribution in [0, 0.1) is 5.41 Å². The number of hydrogen-bond donors (Lipinski definition) is 2. The second-order valence-corrected chi connectivity index (χ2v) is 5.41. The van der Waals surface area contributed by atoms with Gasteiger partial charge in [0.2, 0.25) is 5.91 Å². The third-order valence-corrected chi connectivity index (χ3v) is 4.14. The summed E-state index contributed by atoms with van der Waals surface area (Å²) < 4.78 is 0. The fourth-order valence-electron chi connectivity index (χ4n) is 2.75. The summed E-state index contributed by atoms with van der Waals surface area (Å²) in [7, 11) is 2.11. The molecule has 1 atom stereocenters. The maximum Gasteiger partial charge on any atom is 0.227 e. The highest BCUT2D eigenvalue weighted by Crippen LogP contribution is 2.40. The molecule has 2 rings (SSSR count). The second-order valence-electron chi connectivity index (χ2n) is 5.41. The van der Waals surface area contributed by atoms with E-state index in [0.717, 1.165) is 38.8 Å². The molecule has 0 aromatic rings. The van der Waals surface area contributed by atoms with E-state index in [1.165, 1.54) is 6.42 Å². The van der Waals surface area contributed by atoms with Crippen LogP contribution in [0.25, 0.3) is 0 Å². The summed E-state index contributed by atoms with van der Waals surface area (Å²) in [5.41, 5.74) is 5.50. The zero-order chi connectivity index (χ0) is 11.6. The number of nitrogens with two attached hydrogens (primary N) is 1. The first-order chi connectivity index (χ1) is 7.66. The highest BCUT2D eigenvalue weighted by atomic mass is 16.2. The number of hydrogen-bond acceptors (Lipinski definition) is 3. The van der Waals surface area contributed by atoms with E-state index < -0.39 is 0 Å². The molecule has 1 saturated heterocycles. The lowest BCUT2D eigenvalue weighted by Crippen LogP contribution is -2.55. The Balaban J connectivity index is 1.86. The fraction of sp³-hybridized carbons (Fsp3) is 0.917. The van der Waals surface area contributed by atoms with Crippen LogP contribution >= 0.6 is 0 Å². The van der Waals surface area contributed by atoms with E-state index in [4.69, 9.17) is 5.73 Å². The van der Waals surface area contributed by atoms with Gasteiger partial charge in [0.1, 0.15) is 0 Å². The zero-order valence-corrected chi connectivity index (χ0v) is 10.2. The highest BCUT2D eigenvalue weighted by Gasteiger charge is 2.43. The van der Waals surface area contributed by atoms with E-state index in [-0.39, 0.29) is 11.3 Å². The number of likely N-dealkylation sites (tertiary alicyclic amines) is 1.